The van der Waals surface area contributed by atoms with Gasteiger partial charge in [-0.25, -0.2) is 9.37 Å². The fraction of sp³-hybridized carbons (Fsp3) is 0.167. The van der Waals surface area contributed by atoms with Crippen LogP contribution in [-0.4, -0.2) is 21.7 Å². The highest BCUT2D eigenvalue weighted by Crippen LogP contribution is 2.19. The van der Waals surface area contributed by atoms with E-state index in [0.717, 1.165) is 4.90 Å². The fourth-order valence-electron chi connectivity index (χ4n) is 2.21. The van der Waals surface area contributed by atoms with Gasteiger partial charge in [-0.15, -0.1) is 11.8 Å². The predicted molar refractivity (Wildman–Crippen MR) is 93.9 cm³/mol. The van der Waals surface area contributed by atoms with Gasteiger partial charge in [0.25, 0.3) is 5.56 Å². The van der Waals surface area contributed by atoms with E-state index in [4.69, 9.17) is 4.74 Å². The van der Waals surface area contributed by atoms with E-state index in [1.54, 1.807) is 36.4 Å². The van der Waals surface area contributed by atoms with Crippen molar-refractivity contribution in [1.82, 2.24) is 9.97 Å². The Kier molecular flexibility index (Phi) is 5.45. The first kappa shape index (κ1) is 17.2. The Morgan fingerprint density at radius 3 is 2.72 bits per heavy atom. The van der Waals surface area contributed by atoms with Crippen LogP contribution < -0.4 is 5.56 Å². The minimum atomic E-state index is -0.384. The van der Waals surface area contributed by atoms with Gasteiger partial charge in [-0.3, -0.25) is 9.59 Å². The molecule has 1 aromatic heterocycles. The third kappa shape index (κ3) is 4.67. The van der Waals surface area contributed by atoms with Crippen LogP contribution in [0.3, 0.4) is 0 Å². The Labute approximate surface area is 147 Å². The third-order valence-electron chi connectivity index (χ3n) is 3.42. The summed E-state index contributed by atoms with van der Waals surface area (Å²) < 4.78 is 18.0. The van der Waals surface area contributed by atoms with Crippen molar-refractivity contribution in [2.24, 2.45) is 0 Å². The SMILES string of the molecule is O=C(CCSc1ccc(F)cc1)OCc1nc2ccccc2c(=O)[nH]1. The minimum absolute atomic E-state index is 0.0832. The Balaban J connectivity index is 1.50. The summed E-state index contributed by atoms with van der Waals surface area (Å²) in [5.41, 5.74) is 0.299. The molecule has 1 N–H and O–H groups in total. The molecule has 0 amide bonds. The lowest BCUT2D eigenvalue weighted by Gasteiger charge is -2.05. The molecule has 0 aliphatic rings. The summed E-state index contributed by atoms with van der Waals surface area (Å²) in [5.74, 6) is 0.154. The van der Waals surface area contributed by atoms with Gasteiger partial charge in [-0.05, 0) is 36.4 Å². The molecule has 0 spiro atoms. The van der Waals surface area contributed by atoms with Gasteiger partial charge in [0.2, 0.25) is 0 Å². The molecule has 0 unspecified atom stereocenters. The zero-order chi connectivity index (χ0) is 17.6. The number of nitrogens with zero attached hydrogens (tertiary/aromatic N) is 1. The van der Waals surface area contributed by atoms with Gasteiger partial charge < -0.3 is 9.72 Å². The largest absolute Gasteiger partial charge is 0.457 e. The zero-order valence-electron chi connectivity index (χ0n) is 13.2. The topological polar surface area (TPSA) is 72.0 Å². The number of carbonyl (C=O) groups is 1. The average molecular weight is 358 g/mol. The quantitative estimate of drug-likeness (QED) is 0.541. The number of fused-ring (bicyclic) bond motifs is 1. The second kappa shape index (κ2) is 7.94. The van der Waals surface area contributed by atoms with Gasteiger partial charge in [0, 0.05) is 10.6 Å². The molecule has 2 aromatic carbocycles. The van der Waals surface area contributed by atoms with Crippen LogP contribution in [0.1, 0.15) is 12.2 Å². The second-order valence-corrected chi connectivity index (χ2v) is 6.41. The molecule has 0 radical (unpaired) electrons. The molecule has 0 fully saturated rings. The predicted octanol–water partition coefficient (Wildman–Crippen LogP) is 3.29. The van der Waals surface area contributed by atoms with Crippen LogP contribution in [-0.2, 0) is 16.1 Å². The first-order valence-corrected chi connectivity index (χ1v) is 8.62. The van der Waals surface area contributed by atoms with Gasteiger partial charge in [-0.2, -0.15) is 0 Å². The number of para-hydroxylation sites is 1. The molecule has 5 nitrogen and oxygen atoms in total. The number of hydrogen-bond donors (Lipinski definition) is 1. The molecule has 0 aliphatic carbocycles. The fourth-order valence-corrected chi connectivity index (χ4v) is 3.04. The molecule has 0 atom stereocenters. The van der Waals surface area contributed by atoms with E-state index in [9.17, 15) is 14.0 Å². The number of nitrogens with one attached hydrogen (secondary N) is 1. The van der Waals surface area contributed by atoms with Crippen molar-refractivity contribution in [2.75, 3.05) is 5.75 Å². The molecule has 0 saturated heterocycles. The van der Waals surface area contributed by atoms with Gasteiger partial charge in [-0.1, -0.05) is 12.1 Å². The van der Waals surface area contributed by atoms with Crippen LogP contribution in [0, 0.1) is 5.82 Å². The molecular weight excluding hydrogens is 343 g/mol. The zero-order valence-corrected chi connectivity index (χ0v) is 14.0. The normalized spacial score (nSPS) is 10.8. The summed E-state index contributed by atoms with van der Waals surface area (Å²) in [7, 11) is 0. The number of hydrogen-bond acceptors (Lipinski definition) is 5. The van der Waals surface area contributed by atoms with E-state index in [2.05, 4.69) is 9.97 Å². The van der Waals surface area contributed by atoms with Crippen LogP contribution in [0.5, 0.6) is 0 Å². The maximum absolute atomic E-state index is 12.8. The summed E-state index contributed by atoms with van der Waals surface area (Å²) >= 11 is 1.44. The molecule has 128 valence electrons. The molecule has 0 bridgehead atoms. The van der Waals surface area contributed by atoms with Crippen molar-refractivity contribution < 1.29 is 13.9 Å². The number of halogens is 1. The van der Waals surface area contributed by atoms with E-state index in [1.165, 1.54) is 23.9 Å². The number of H-pyrrole nitrogens is 1. The van der Waals surface area contributed by atoms with Crippen LogP contribution in [0.25, 0.3) is 10.9 Å². The van der Waals surface area contributed by atoms with Crippen molar-refractivity contribution in [3.05, 3.63) is 70.5 Å². The Morgan fingerprint density at radius 1 is 1.16 bits per heavy atom. The highest BCUT2D eigenvalue weighted by molar-refractivity contribution is 7.99. The van der Waals surface area contributed by atoms with Crippen LogP contribution in [0.15, 0.2) is 58.2 Å². The van der Waals surface area contributed by atoms with E-state index in [1.807, 2.05) is 0 Å². The average Bonchev–Trinajstić information content (AvgIpc) is 2.62. The number of ether oxygens (including phenoxy) is 1. The standard InChI is InChI=1S/C18H15FN2O3S/c19-12-5-7-13(8-6-12)25-10-9-17(22)24-11-16-20-15-4-2-1-3-14(15)18(23)21-16/h1-8H,9-11H2,(H,20,21,23). The van der Waals surface area contributed by atoms with Gasteiger partial charge in [0.15, 0.2) is 0 Å². The van der Waals surface area contributed by atoms with Gasteiger partial charge in [0.1, 0.15) is 18.2 Å². The number of carbonyl (C=O) groups excluding carboxylic acids is 1. The minimum Gasteiger partial charge on any atom is -0.457 e. The van der Waals surface area contributed by atoms with Crippen molar-refractivity contribution in [3.8, 4) is 0 Å². The molecule has 25 heavy (non-hydrogen) atoms. The van der Waals surface area contributed by atoms with E-state index < -0.39 is 0 Å². The molecule has 1 heterocycles. The number of benzene rings is 2. The molecule has 0 saturated carbocycles. The van der Waals surface area contributed by atoms with Crippen molar-refractivity contribution in [1.29, 1.82) is 0 Å². The summed E-state index contributed by atoms with van der Waals surface area (Å²) in [6.45, 7) is -0.0832. The monoisotopic (exact) mass is 358 g/mol. The van der Waals surface area contributed by atoms with Crippen molar-refractivity contribution in [2.45, 2.75) is 17.9 Å². The molecule has 0 aliphatic heterocycles. The number of thioether (sulfide) groups is 1. The van der Waals surface area contributed by atoms with E-state index in [-0.39, 0.29) is 30.4 Å². The lowest BCUT2D eigenvalue weighted by Crippen LogP contribution is -2.14. The lowest BCUT2D eigenvalue weighted by atomic mass is 10.2. The Morgan fingerprint density at radius 2 is 1.92 bits per heavy atom. The smallest absolute Gasteiger partial charge is 0.307 e. The summed E-state index contributed by atoms with van der Waals surface area (Å²) in [6, 6.07) is 13.0. The summed E-state index contributed by atoms with van der Waals surface area (Å²) in [4.78, 5) is 31.5. The summed E-state index contributed by atoms with van der Waals surface area (Å²) in [6.07, 6.45) is 0.208. The van der Waals surface area contributed by atoms with Gasteiger partial charge in [0.05, 0.1) is 17.3 Å². The third-order valence-corrected chi connectivity index (χ3v) is 4.43. The Bertz CT molecular complexity index is 941. The lowest BCUT2D eigenvalue weighted by molar-refractivity contribution is -0.144. The Hall–Kier alpha value is -2.67. The first-order chi connectivity index (χ1) is 12.1. The second-order valence-electron chi connectivity index (χ2n) is 5.24. The van der Waals surface area contributed by atoms with Crippen molar-refractivity contribution in [3.63, 3.8) is 0 Å². The maximum Gasteiger partial charge on any atom is 0.307 e. The number of esters is 1. The molecule has 3 rings (SSSR count). The van der Waals surface area contributed by atoms with Gasteiger partial charge >= 0.3 is 5.97 Å². The molecule has 3 aromatic rings. The van der Waals surface area contributed by atoms with Crippen LogP contribution in [0.4, 0.5) is 4.39 Å². The van der Waals surface area contributed by atoms with E-state index >= 15 is 0 Å². The highest BCUT2D eigenvalue weighted by Gasteiger charge is 2.07. The molecular formula is C18H15FN2O3S. The maximum atomic E-state index is 12.8. The van der Waals surface area contributed by atoms with E-state index in [0.29, 0.717) is 22.5 Å². The van der Waals surface area contributed by atoms with Crippen LogP contribution >= 0.6 is 11.8 Å². The number of aromatic nitrogens is 2. The summed E-state index contributed by atoms with van der Waals surface area (Å²) in [5, 5.41) is 0.494. The number of aromatic amines is 1. The highest BCUT2D eigenvalue weighted by atomic mass is 32.2. The molecule has 7 heteroatoms. The van der Waals surface area contributed by atoms with Crippen LogP contribution in [0.2, 0.25) is 0 Å². The number of rotatable bonds is 6. The first-order valence-electron chi connectivity index (χ1n) is 7.64. The van der Waals surface area contributed by atoms with Crippen molar-refractivity contribution >= 4 is 28.6 Å².